The minimum absolute atomic E-state index is 0.968. The molecule has 0 bridgehead atoms. The first-order valence-electron chi connectivity index (χ1n) is 39.5. The molecule has 0 fully saturated rings. The molecule has 0 N–H and O–H groups in total. The lowest BCUT2D eigenvalue weighted by Gasteiger charge is -2.12. The zero-order chi connectivity index (χ0) is 61.9. The molecule has 0 aliphatic rings. The van der Waals surface area contributed by atoms with Crippen LogP contribution in [0.5, 0.6) is 0 Å². The van der Waals surface area contributed by atoms with E-state index in [2.05, 4.69) is 113 Å². The van der Waals surface area contributed by atoms with Crippen molar-refractivity contribution in [3.05, 3.63) is 96.1 Å². The van der Waals surface area contributed by atoms with E-state index >= 15 is 0 Å². The Morgan fingerprint density at radius 3 is 0.805 bits per heavy atom. The van der Waals surface area contributed by atoms with Crippen LogP contribution in [-0.2, 0) is 12.8 Å². The second kappa shape index (κ2) is 65.9. The summed E-state index contributed by atoms with van der Waals surface area (Å²) in [4.78, 5) is 11.3. The minimum atomic E-state index is 0.968. The van der Waals surface area contributed by atoms with Gasteiger partial charge in [0.25, 0.3) is 0 Å². The molecule has 2 heteroatoms. The molecule has 0 saturated heterocycles. The third-order valence-electron chi connectivity index (χ3n) is 18.7. The number of para-hydroxylation sites is 2. The number of benzene rings is 2. The number of aryl methyl sites for hydroxylation is 2. The lowest BCUT2D eigenvalue weighted by atomic mass is 10.0. The summed E-state index contributed by atoms with van der Waals surface area (Å²) in [6.45, 7) is 9.26. The molecule has 2 rings (SSSR count). The molecule has 498 valence electrons. The van der Waals surface area contributed by atoms with Gasteiger partial charge in [0.1, 0.15) is 0 Å². The molecular formula is C85H148N2. The number of hydrogen-bond acceptors (Lipinski definition) is 2. The van der Waals surface area contributed by atoms with E-state index in [1.165, 1.54) is 364 Å². The van der Waals surface area contributed by atoms with Crippen molar-refractivity contribution in [3.8, 4) is 0 Å². The molecule has 87 heavy (non-hydrogen) atoms. The van der Waals surface area contributed by atoms with Crippen LogP contribution in [0.2, 0.25) is 0 Å². The Hall–Kier alpha value is -3.00. The molecule has 0 radical (unpaired) electrons. The first-order valence-corrected chi connectivity index (χ1v) is 39.5. The molecule has 0 unspecified atom stereocenters. The molecule has 0 amide bonds. The number of allylic oxidation sites excluding steroid dienone is 6. The summed E-state index contributed by atoms with van der Waals surface area (Å²) >= 11 is 0. The van der Waals surface area contributed by atoms with Crippen LogP contribution in [0.4, 0.5) is 11.4 Å². The zero-order valence-corrected chi connectivity index (χ0v) is 59.1. The van der Waals surface area contributed by atoms with Crippen molar-refractivity contribution < 1.29 is 0 Å². The number of aliphatic imine (C=N–C) groups is 2. The van der Waals surface area contributed by atoms with E-state index in [0.717, 1.165) is 62.0 Å². The average Bonchev–Trinajstić information content (AvgIpc) is 3.67. The van der Waals surface area contributed by atoms with Gasteiger partial charge in [-0.2, -0.15) is 0 Å². The fourth-order valence-corrected chi connectivity index (χ4v) is 12.8. The Balaban J connectivity index is 2.03. The maximum atomic E-state index is 5.69. The Labute approximate surface area is 545 Å². The van der Waals surface area contributed by atoms with Gasteiger partial charge in [0.15, 0.2) is 0 Å². The van der Waals surface area contributed by atoms with Crippen LogP contribution in [0.15, 0.2) is 95.0 Å². The fraction of sp³-hybridized carbons (Fsp3) is 0.765. The summed E-state index contributed by atoms with van der Waals surface area (Å²) in [6.07, 6.45) is 97.7. The third-order valence-corrected chi connectivity index (χ3v) is 18.7. The van der Waals surface area contributed by atoms with E-state index in [4.69, 9.17) is 9.98 Å². The maximum absolute atomic E-state index is 5.69. The van der Waals surface area contributed by atoms with Crippen LogP contribution >= 0.6 is 0 Å². The van der Waals surface area contributed by atoms with E-state index in [1.807, 2.05) is 0 Å². The third kappa shape index (κ3) is 52.3. The topological polar surface area (TPSA) is 24.7 Å². The van der Waals surface area contributed by atoms with E-state index in [0.29, 0.717) is 0 Å². The normalized spacial score (nSPS) is 12.4. The first kappa shape index (κ1) is 80.1. The highest BCUT2D eigenvalue weighted by molar-refractivity contribution is 6.47. The molecule has 0 aliphatic heterocycles. The quantitative estimate of drug-likeness (QED) is 0.0358. The van der Waals surface area contributed by atoms with E-state index < -0.39 is 0 Å². The highest BCUT2D eigenvalue weighted by atomic mass is 14.8. The monoisotopic (exact) mass is 1200 g/mol. The number of hydrogen-bond donors (Lipinski definition) is 0. The fourth-order valence-electron chi connectivity index (χ4n) is 12.8. The zero-order valence-electron chi connectivity index (χ0n) is 59.1. The van der Waals surface area contributed by atoms with Crippen LogP contribution < -0.4 is 0 Å². The summed E-state index contributed by atoms with van der Waals surface area (Å²) in [5.41, 5.74) is 7.21. The molecule has 2 aromatic carbocycles. The maximum Gasteiger partial charge on any atom is 0.0848 e. The molecule has 0 spiro atoms. The summed E-state index contributed by atoms with van der Waals surface area (Å²) in [6, 6.07) is 18.0. The summed E-state index contributed by atoms with van der Waals surface area (Å²) < 4.78 is 0. The summed E-state index contributed by atoms with van der Waals surface area (Å²) in [5.74, 6) is 0. The van der Waals surface area contributed by atoms with Gasteiger partial charge in [-0.15, -0.1) is 0 Å². The molecule has 2 nitrogen and oxygen atoms in total. The van der Waals surface area contributed by atoms with Gasteiger partial charge in [0, 0.05) is 0 Å². The minimum Gasteiger partial charge on any atom is -0.251 e. The molecule has 2 aromatic rings. The Morgan fingerprint density at radius 1 is 0.253 bits per heavy atom. The number of nitrogens with zero attached hydrogens (tertiary/aromatic N) is 2. The van der Waals surface area contributed by atoms with Gasteiger partial charge >= 0.3 is 0 Å². The van der Waals surface area contributed by atoms with Crippen molar-refractivity contribution in [2.45, 2.75) is 419 Å². The predicted octanol–water partition coefficient (Wildman–Crippen LogP) is 30.4. The first-order chi connectivity index (χ1) is 43.2. The lowest BCUT2D eigenvalue weighted by molar-refractivity contribution is 0.527. The van der Waals surface area contributed by atoms with Crippen LogP contribution in [0.1, 0.15) is 418 Å². The molecule has 0 saturated carbocycles. The Bertz CT molecular complexity index is 1880. The molecule has 0 heterocycles. The second-order valence-electron chi connectivity index (χ2n) is 27.2. The van der Waals surface area contributed by atoms with Gasteiger partial charge in [0.05, 0.1) is 22.8 Å². The van der Waals surface area contributed by atoms with Crippen molar-refractivity contribution in [3.63, 3.8) is 0 Å². The van der Waals surface area contributed by atoms with Crippen molar-refractivity contribution in [1.29, 1.82) is 0 Å². The largest absolute Gasteiger partial charge is 0.251 e. The number of rotatable bonds is 67. The van der Waals surface area contributed by atoms with Gasteiger partial charge < -0.3 is 0 Å². The Morgan fingerprint density at radius 2 is 0.494 bits per heavy atom. The van der Waals surface area contributed by atoms with Gasteiger partial charge in [0.2, 0.25) is 0 Å². The van der Waals surface area contributed by atoms with E-state index in [-0.39, 0.29) is 0 Å². The lowest BCUT2D eigenvalue weighted by Crippen LogP contribution is -2.12. The second-order valence-corrected chi connectivity index (χ2v) is 27.2. The van der Waals surface area contributed by atoms with Gasteiger partial charge in [-0.1, -0.05) is 409 Å². The van der Waals surface area contributed by atoms with Crippen LogP contribution in [-0.4, -0.2) is 11.4 Å². The molecule has 0 aliphatic carbocycles. The van der Waals surface area contributed by atoms with E-state index in [9.17, 15) is 0 Å². The summed E-state index contributed by atoms with van der Waals surface area (Å²) in [5, 5.41) is 0. The van der Waals surface area contributed by atoms with Crippen LogP contribution in [0.3, 0.4) is 0 Å². The van der Waals surface area contributed by atoms with Gasteiger partial charge in [-0.05, 0) is 106 Å². The Kier molecular flexibility index (Phi) is 60.7. The van der Waals surface area contributed by atoms with Gasteiger partial charge in [-0.3, -0.25) is 4.99 Å². The van der Waals surface area contributed by atoms with Gasteiger partial charge in [-0.25, -0.2) is 4.99 Å². The van der Waals surface area contributed by atoms with Crippen molar-refractivity contribution in [2.75, 3.05) is 0 Å². The standard InChI is InChI=1S/C85H148N2/c1-5-9-13-17-21-24-27-30-33-35-37-39-41-43-45-47-50-53-57-60-64-72-80-74-68-70-76-82(80)86-84(78-66-62-56-20-16-12-8-4)85(79-67-63-59-55-52-49-32-29-26-23-19-15-11-7-3)87-83-77-71-69-75-81(83)73-65-61-58-54-51-48-46-44-42-40-38-36-34-31-28-25-22-18-14-10-6-2/h57-58,60-61,66,68-71,74-78H,5-56,59,62-65,67,72-73,79H2,1-4H3. The predicted molar refractivity (Wildman–Crippen MR) is 397 cm³/mol. The van der Waals surface area contributed by atoms with Crippen molar-refractivity contribution in [2.24, 2.45) is 9.98 Å². The molecule has 0 aromatic heterocycles. The highest BCUT2D eigenvalue weighted by Crippen LogP contribution is 2.27. The smallest absolute Gasteiger partial charge is 0.0848 e. The SMILES string of the molecule is CCCCCCCC=CC(=Nc1ccccc1CCC=CCCCCCCCCCCCCCCCCCCC)C(CCCCCCCCCCCCCCCC)=Nc1ccccc1CCC=CCCCCCCCCCCCCCCCCCCC. The number of unbranched alkanes of at least 4 members (excludes halogenated alkanes) is 52. The average molecular weight is 1200 g/mol. The molecular weight excluding hydrogens is 1050 g/mol. The van der Waals surface area contributed by atoms with Crippen LogP contribution in [0.25, 0.3) is 0 Å². The van der Waals surface area contributed by atoms with Crippen molar-refractivity contribution in [1.82, 2.24) is 0 Å². The van der Waals surface area contributed by atoms with Crippen molar-refractivity contribution >= 4 is 22.8 Å². The summed E-state index contributed by atoms with van der Waals surface area (Å²) in [7, 11) is 0. The molecule has 0 atom stereocenters. The van der Waals surface area contributed by atoms with E-state index in [1.54, 1.807) is 0 Å². The highest BCUT2D eigenvalue weighted by Gasteiger charge is 2.12. The van der Waals surface area contributed by atoms with Crippen LogP contribution in [0, 0.1) is 0 Å².